The molecule has 5 rings (SSSR count). The van der Waals surface area contributed by atoms with Crippen molar-refractivity contribution in [2.45, 2.75) is 96.4 Å². The Morgan fingerprint density at radius 1 is 1.06 bits per heavy atom. The number of esters is 4. The van der Waals surface area contributed by atoms with Crippen LogP contribution in [0.15, 0.2) is 0 Å². The number of carbonyl (C=O) groups is 4. The summed E-state index contributed by atoms with van der Waals surface area (Å²) in [6.07, 6.45) is -1.97. The van der Waals surface area contributed by atoms with Crippen molar-refractivity contribution >= 4 is 23.9 Å². The van der Waals surface area contributed by atoms with E-state index >= 15 is 0 Å². The van der Waals surface area contributed by atoms with E-state index < -0.39 is 76.7 Å². The maximum Gasteiger partial charge on any atom is 0.347 e. The van der Waals surface area contributed by atoms with Crippen LogP contribution < -0.4 is 0 Å². The Hall–Kier alpha value is -2.20. The van der Waals surface area contributed by atoms with Gasteiger partial charge in [0.15, 0.2) is 6.10 Å². The summed E-state index contributed by atoms with van der Waals surface area (Å²) in [5, 5.41) is 11.7. The van der Waals surface area contributed by atoms with E-state index in [0.717, 1.165) is 0 Å². The highest BCUT2D eigenvalue weighted by atomic mass is 16.7. The molecule has 0 radical (unpaired) electrons. The SMILES string of the molecule is COC(=O)[C@@H]1OC(=O)C2OC23C2C(CC[C@@]13C)C1C(C[C@H]2O)C(C)(C)[C@H](OC(C)=O)C[C@@H]1OC(C)=O. The number of aliphatic hydroxyl groups excluding tert-OH is 1. The van der Waals surface area contributed by atoms with Gasteiger partial charge >= 0.3 is 23.9 Å². The van der Waals surface area contributed by atoms with Gasteiger partial charge in [-0.05, 0) is 31.1 Å². The maximum absolute atomic E-state index is 12.8. The lowest BCUT2D eigenvalue weighted by molar-refractivity contribution is -0.235. The number of ether oxygens (including phenoxy) is 5. The fourth-order valence-corrected chi connectivity index (χ4v) is 8.52. The fourth-order valence-electron chi connectivity index (χ4n) is 8.52. The molecule has 3 saturated carbocycles. The second kappa shape index (κ2) is 8.15. The predicted molar refractivity (Wildman–Crippen MR) is 121 cm³/mol. The molecule has 10 nitrogen and oxygen atoms in total. The lowest BCUT2D eigenvalue weighted by Crippen LogP contribution is -2.69. The molecule has 2 heterocycles. The Balaban J connectivity index is 1.56. The number of hydrogen-bond acceptors (Lipinski definition) is 10. The molecular weight excluding hydrogens is 472 g/mol. The minimum atomic E-state index is -1.12. The number of cyclic esters (lactones) is 1. The molecular formula is C26H36O10. The smallest absolute Gasteiger partial charge is 0.347 e. The van der Waals surface area contributed by atoms with Gasteiger partial charge in [-0.25, -0.2) is 9.59 Å². The van der Waals surface area contributed by atoms with Crippen molar-refractivity contribution in [2.75, 3.05) is 7.11 Å². The molecule has 5 aliphatic rings. The zero-order valence-electron chi connectivity index (χ0n) is 21.6. The number of aliphatic hydroxyl groups is 1. The van der Waals surface area contributed by atoms with Crippen LogP contribution in [0.3, 0.4) is 0 Å². The van der Waals surface area contributed by atoms with Crippen LogP contribution in [0.2, 0.25) is 0 Å². The monoisotopic (exact) mass is 508 g/mol. The van der Waals surface area contributed by atoms with Gasteiger partial charge in [0.25, 0.3) is 0 Å². The number of methoxy groups -OCH3 is 1. The number of rotatable bonds is 3. The molecule has 0 aromatic heterocycles. The van der Waals surface area contributed by atoms with Crippen molar-refractivity contribution in [3.05, 3.63) is 0 Å². The van der Waals surface area contributed by atoms with E-state index in [0.29, 0.717) is 25.7 Å². The first-order valence-corrected chi connectivity index (χ1v) is 12.8. The van der Waals surface area contributed by atoms with Crippen LogP contribution >= 0.6 is 0 Å². The quantitative estimate of drug-likeness (QED) is 0.339. The molecule has 0 aromatic rings. The Bertz CT molecular complexity index is 991. The molecule has 5 fully saturated rings. The van der Waals surface area contributed by atoms with Crippen molar-refractivity contribution < 1.29 is 48.0 Å². The molecule has 2 aliphatic heterocycles. The average Bonchev–Trinajstić information content (AvgIpc) is 3.54. The third-order valence-corrected chi connectivity index (χ3v) is 10.1. The van der Waals surface area contributed by atoms with Crippen LogP contribution in [0.25, 0.3) is 0 Å². The highest BCUT2D eigenvalue weighted by Gasteiger charge is 2.84. The molecule has 200 valence electrons. The van der Waals surface area contributed by atoms with E-state index in [9.17, 15) is 24.3 Å². The highest BCUT2D eigenvalue weighted by Crippen LogP contribution is 2.71. The third kappa shape index (κ3) is 3.29. The average molecular weight is 509 g/mol. The van der Waals surface area contributed by atoms with E-state index in [4.69, 9.17) is 23.7 Å². The lowest BCUT2D eigenvalue weighted by Gasteiger charge is -2.63. The van der Waals surface area contributed by atoms with Gasteiger partial charge in [0.1, 0.15) is 17.8 Å². The molecule has 1 N–H and O–H groups in total. The largest absolute Gasteiger partial charge is 0.466 e. The van der Waals surface area contributed by atoms with Crippen molar-refractivity contribution in [1.29, 1.82) is 0 Å². The summed E-state index contributed by atoms with van der Waals surface area (Å²) in [7, 11) is 1.26. The molecule has 10 heteroatoms. The zero-order chi connectivity index (χ0) is 26.4. The second-order valence-corrected chi connectivity index (χ2v) is 12.1. The van der Waals surface area contributed by atoms with Crippen molar-refractivity contribution in [3.8, 4) is 0 Å². The summed E-state index contributed by atoms with van der Waals surface area (Å²) in [6.45, 7) is 8.66. The van der Waals surface area contributed by atoms with Crippen LogP contribution in [0.5, 0.6) is 0 Å². The maximum atomic E-state index is 12.8. The first-order valence-electron chi connectivity index (χ1n) is 12.8. The molecule has 0 bridgehead atoms. The first-order chi connectivity index (χ1) is 16.8. The number of epoxide rings is 1. The van der Waals surface area contributed by atoms with E-state index in [1.54, 1.807) is 0 Å². The first kappa shape index (κ1) is 25.4. The minimum absolute atomic E-state index is 0.110. The number of hydrogen-bond donors (Lipinski definition) is 1. The molecule has 3 aliphatic carbocycles. The Labute approximate surface area is 210 Å². The molecule has 0 amide bonds. The summed E-state index contributed by atoms with van der Waals surface area (Å²) < 4.78 is 28.1. The Morgan fingerprint density at radius 3 is 2.33 bits per heavy atom. The molecule has 36 heavy (non-hydrogen) atoms. The summed E-state index contributed by atoms with van der Waals surface area (Å²) in [5.74, 6) is -2.92. The van der Waals surface area contributed by atoms with Gasteiger partial charge in [0.05, 0.1) is 13.2 Å². The van der Waals surface area contributed by atoms with Crippen LogP contribution in [0.4, 0.5) is 0 Å². The van der Waals surface area contributed by atoms with Crippen molar-refractivity contribution in [1.82, 2.24) is 0 Å². The van der Waals surface area contributed by atoms with Crippen LogP contribution in [-0.2, 0) is 42.9 Å². The normalized spacial score (nSPS) is 48.1. The van der Waals surface area contributed by atoms with E-state index in [-0.39, 0.29) is 17.8 Å². The number of carbonyl (C=O) groups excluding carboxylic acids is 4. The van der Waals surface area contributed by atoms with E-state index in [1.165, 1.54) is 21.0 Å². The predicted octanol–water partition coefficient (Wildman–Crippen LogP) is 1.55. The standard InChI is InChI=1S/C26H36O10/c1-11(27)33-16-10-17(34-12(2)28)24(3,4)14-9-15(29)19-13(18(14)16)7-8-25(5)20(22(30)32-6)35-23(31)21-26(19,25)36-21/h13-21,29H,7-10H2,1-6H3/t13?,14?,15-,16+,17-,18?,19?,20+,21?,25+,26?/m1/s1. The van der Waals surface area contributed by atoms with E-state index in [2.05, 4.69) is 0 Å². The molecule has 6 unspecified atom stereocenters. The zero-order valence-corrected chi connectivity index (χ0v) is 21.6. The third-order valence-electron chi connectivity index (χ3n) is 10.1. The highest BCUT2D eigenvalue weighted by molar-refractivity contribution is 5.88. The summed E-state index contributed by atoms with van der Waals surface area (Å²) in [5.41, 5.74) is -2.41. The summed E-state index contributed by atoms with van der Waals surface area (Å²) in [6, 6.07) is 0. The molecule has 2 saturated heterocycles. The molecule has 1 spiro atoms. The Morgan fingerprint density at radius 2 is 1.72 bits per heavy atom. The van der Waals surface area contributed by atoms with Gasteiger partial charge in [0.2, 0.25) is 6.10 Å². The molecule has 0 aromatic carbocycles. The topological polar surface area (TPSA) is 138 Å². The van der Waals surface area contributed by atoms with Crippen molar-refractivity contribution in [2.24, 2.45) is 34.5 Å². The minimum Gasteiger partial charge on any atom is -0.466 e. The Kier molecular flexibility index (Phi) is 5.76. The van der Waals surface area contributed by atoms with Crippen LogP contribution in [-0.4, -0.2) is 72.2 Å². The summed E-state index contributed by atoms with van der Waals surface area (Å²) >= 11 is 0. The lowest BCUT2D eigenvalue weighted by atomic mass is 9.43. The van der Waals surface area contributed by atoms with Gasteiger partial charge in [-0.3, -0.25) is 9.59 Å². The van der Waals surface area contributed by atoms with E-state index in [1.807, 2.05) is 20.8 Å². The van der Waals surface area contributed by atoms with Gasteiger partial charge in [-0.1, -0.05) is 20.8 Å². The van der Waals surface area contributed by atoms with Crippen LogP contribution in [0, 0.1) is 34.5 Å². The number of fused-ring (bicyclic) bond motifs is 3. The second-order valence-electron chi connectivity index (χ2n) is 12.1. The van der Waals surface area contributed by atoms with Gasteiger partial charge < -0.3 is 28.8 Å². The van der Waals surface area contributed by atoms with Gasteiger partial charge in [-0.15, -0.1) is 0 Å². The molecule has 11 atom stereocenters. The van der Waals surface area contributed by atoms with Gasteiger partial charge in [-0.2, -0.15) is 0 Å². The van der Waals surface area contributed by atoms with Crippen molar-refractivity contribution in [3.63, 3.8) is 0 Å². The van der Waals surface area contributed by atoms with Crippen LogP contribution in [0.1, 0.15) is 60.3 Å². The van der Waals surface area contributed by atoms with Gasteiger partial charge in [0, 0.05) is 42.9 Å². The fraction of sp³-hybridized carbons (Fsp3) is 0.846. The summed E-state index contributed by atoms with van der Waals surface area (Å²) in [4.78, 5) is 49.5.